The first-order valence-electron chi connectivity index (χ1n) is 9.26. The molecule has 0 aliphatic carbocycles. The van der Waals surface area contributed by atoms with Gasteiger partial charge in [0.1, 0.15) is 5.75 Å². The van der Waals surface area contributed by atoms with Crippen molar-refractivity contribution in [1.82, 2.24) is 10.6 Å². The van der Waals surface area contributed by atoms with Crippen LogP contribution in [0, 0.1) is 0 Å². The molecule has 2 rings (SSSR count). The molecule has 154 valence electrons. The minimum Gasteiger partial charge on any atom is -0.494 e. The normalized spacial score (nSPS) is 10.1. The van der Waals surface area contributed by atoms with Gasteiger partial charge in [0.15, 0.2) is 5.11 Å². The summed E-state index contributed by atoms with van der Waals surface area (Å²) in [6.45, 7) is 3.55. The summed E-state index contributed by atoms with van der Waals surface area (Å²) in [5.74, 6) is 0.129. The number of nitrogens with one attached hydrogen (secondary N) is 3. The van der Waals surface area contributed by atoms with Gasteiger partial charge in [0.2, 0.25) is 0 Å². The summed E-state index contributed by atoms with van der Waals surface area (Å²) in [6, 6.07) is 13.7. The molecular formula is C21H25N3O4S. The van der Waals surface area contributed by atoms with Gasteiger partial charge in [-0.3, -0.25) is 14.9 Å². The highest BCUT2D eigenvalue weighted by atomic mass is 32.1. The summed E-state index contributed by atoms with van der Waals surface area (Å²) in [4.78, 5) is 24.4. The largest absolute Gasteiger partial charge is 0.494 e. The predicted molar refractivity (Wildman–Crippen MR) is 117 cm³/mol. The van der Waals surface area contributed by atoms with E-state index in [-0.39, 0.29) is 16.9 Å². The van der Waals surface area contributed by atoms with Gasteiger partial charge < -0.3 is 20.1 Å². The van der Waals surface area contributed by atoms with Crippen LogP contribution in [0.3, 0.4) is 0 Å². The Kier molecular flexibility index (Phi) is 9.07. The van der Waals surface area contributed by atoms with Crippen LogP contribution in [0.2, 0.25) is 0 Å². The van der Waals surface area contributed by atoms with Gasteiger partial charge in [-0.2, -0.15) is 0 Å². The van der Waals surface area contributed by atoms with Gasteiger partial charge in [-0.25, -0.2) is 0 Å². The van der Waals surface area contributed by atoms with Gasteiger partial charge in [-0.15, -0.1) is 0 Å². The summed E-state index contributed by atoms with van der Waals surface area (Å²) in [5.41, 5.74) is 1.64. The number of anilines is 1. The number of carbonyl (C=O) groups excluding carboxylic acids is 2. The van der Waals surface area contributed by atoms with Crippen LogP contribution < -0.4 is 20.7 Å². The van der Waals surface area contributed by atoms with Crippen LogP contribution in [0.4, 0.5) is 5.69 Å². The molecule has 0 unspecified atom stereocenters. The molecule has 0 saturated heterocycles. The third-order valence-corrected chi connectivity index (χ3v) is 4.05. The number of amides is 2. The van der Waals surface area contributed by atoms with Crippen LogP contribution in [0.1, 0.15) is 34.1 Å². The molecule has 7 nitrogen and oxygen atoms in total. The molecular weight excluding hydrogens is 390 g/mol. The molecule has 0 atom stereocenters. The van der Waals surface area contributed by atoms with E-state index in [0.29, 0.717) is 42.3 Å². The highest BCUT2D eigenvalue weighted by Gasteiger charge is 2.10. The molecule has 2 amide bonds. The number of thiocarbonyl (C=S) groups is 1. The SMILES string of the molecule is CCOc1cccc(C(=O)NC(=S)Nc2ccc(C(=O)NCCCOC)cc2)c1. The predicted octanol–water partition coefficient (Wildman–Crippen LogP) is 2.98. The fourth-order valence-electron chi connectivity index (χ4n) is 2.46. The van der Waals surface area contributed by atoms with Crippen molar-refractivity contribution in [3.8, 4) is 5.75 Å². The van der Waals surface area contributed by atoms with Crippen LogP contribution in [-0.2, 0) is 4.74 Å². The van der Waals surface area contributed by atoms with E-state index in [9.17, 15) is 9.59 Å². The van der Waals surface area contributed by atoms with Crippen molar-refractivity contribution in [2.75, 3.05) is 32.2 Å². The van der Waals surface area contributed by atoms with Crippen LogP contribution >= 0.6 is 12.2 Å². The van der Waals surface area contributed by atoms with Crippen molar-refractivity contribution in [3.05, 3.63) is 59.7 Å². The summed E-state index contributed by atoms with van der Waals surface area (Å²) in [5, 5.41) is 8.53. The molecule has 0 radical (unpaired) electrons. The highest BCUT2D eigenvalue weighted by Crippen LogP contribution is 2.13. The Bertz CT molecular complexity index is 840. The molecule has 0 heterocycles. The molecule has 0 fully saturated rings. The van der Waals surface area contributed by atoms with E-state index >= 15 is 0 Å². The lowest BCUT2D eigenvalue weighted by Crippen LogP contribution is -2.34. The number of hydrogen-bond donors (Lipinski definition) is 3. The second-order valence-corrected chi connectivity index (χ2v) is 6.46. The molecule has 0 aliphatic rings. The Morgan fingerprint density at radius 1 is 1.03 bits per heavy atom. The summed E-state index contributed by atoms with van der Waals surface area (Å²) in [7, 11) is 1.62. The van der Waals surface area contributed by atoms with Crippen LogP contribution in [0.25, 0.3) is 0 Å². The van der Waals surface area contributed by atoms with Crippen molar-refractivity contribution in [1.29, 1.82) is 0 Å². The standard InChI is InChI=1S/C21H25N3O4S/c1-3-28-18-7-4-6-16(14-18)20(26)24-21(29)23-17-10-8-15(9-11-17)19(25)22-12-5-13-27-2/h4,6-11,14H,3,5,12-13H2,1-2H3,(H,22,25)(H2,23,24,26,29). The smallest absolute Gasteiger partial charge is 0.257 e. The molecule has 0 spiro atoms. The second-order valence-electron chi connectivity index (χ2n) is 6.05. The van der Waals surface area contributed by atoms with Crippen LogP contribution in [0.15, 0.2) is 48.5 Å². The first-order valence-corrected chi connectivity index (χ1v) is 9.66. The minimum atomic E-state index is -0.337. The van der Waals surface area contributed by atoms with Crippen LogP contribution in [-0.4, -0.2) is 43.8 Å². The maximum Gasteiger partial charge on any atom is 0.257 e. The molecule has 3 N–H and O–H groups in total. The molecule has 0 aromatic heterocycles. The molecule has 2 aromatic rings. The zero-order valence-corrected chi connectivity index (χ0v) is 17.3. The van der Waals surface area contributed by atoms with E-state index in [1.54, 1.807) is 55.6 Å². The average molecular weight is 416 g/mol. The van der Waals surface area contributed by atoms with E-state index in [1.807, 2.05) is 6.92 Å². The first kappa shape index (κ1) is 22.3. The molecule has 29 heavy (non-hydrogen) atoms. The van der Waals surface area contributed by atoms with Crippen molar-refractivity contribution in [2.24, 2.45) is 0 Å². The van der Waals surface area contributed by atoms with Gasteiger partial charge >= 0.3 is 0 Å². The highest BCUT2D eigenvalue weighted by molar-refractivity contribution is 7.80. The monoisotopic (exact) mass is 415 g/mol. The number of methoxy groups -OCH3 is 1. The van der Waals surface area contributed by atoms with Crippen molar-refractivity contribution >= 4 is 34.8 Å². The fraction of sp³-hybridized carbons (Fsp3) is 0.286. The van der Waals surface area contributed by atoms with E-state index < -0.39 is 0 Å². The minimum absolute atomic E-state index is 0.155. The van der Waals surface area contributed by atoms with Gasteiger partial charge in [-0.05, 0) is 68.0 Å². The molecule has 0 bridgehead atoms. The number of hydrogen-bond acceptors (Lipinski definition) is 5. The summed E-state index contributed by atoms with van der Waals surface area (Å²) >= 11 is 5.20. The van der Waals surface area contributed by atoms with Gasteiger partial charge in [0.25, 0.3) is 11.8 Å². The van der Waals surface area contributed by atoms with E-state index in [1.165, 1.54) is 0 Å². The van der Waals surface area contributed by atoms with Crippen molar-refractivity contribution < 1.29 is 19.1 Å². The first-order chi connectivity index (χ1) is 14.0. The lowest BCUT2D eigenvalue weighted by atomic mass is 10.2. The average Bonchev–Trinajstić information content (AvgIpc) is 2.72. The number of ether oxygens (including phenoxy) is 2. The van der Waals surface area contributed by atoms with Crippen LogP contribution in [0.5, 0.6) is 5.75 Å². The summed E-state index contributed by atoms with van der Waals surface area (Å²) < 4.78 is 10.3. The zero-order chi connectivity index (χ0) is 21.1. The molecule has 0 aliphatic heterocycles. The van der Waals surface area contributed by atoms with Crippen molar-refractivity contribution in [3.63, 3.8) is 0 Å². The Morgan fingerprint density at radius 3 is 2.48 bits per heavy atom. The third kappa shape index (κ3) is 7.52. The van der Waals surface area contributed by atoms with Gasteiger partial charge in [0, 0.05) is 37.1 Å². The summed E-state index contributed by atoms with van der Waals surface area (Å²) in [6.07, 6.45) is 0.753. The Morgan fingerprint density at radius 2 is 1.79 bits per heavy atom. The van der Waals surface area contributed by atoms with Crippen molar-refractivity contribution in [2.45, 2.75) is 13.3 Å². The maximum atomic E-state index is 12.3. The Balaban J connectivity index is 1.86. The Hall–Kier alpha value is -2.97. The lowest BCUT2D eigenvalue weighted by molar-refractivity contribution is 0.0946. The van der Waals surface area contributed by atoms with Gasteiger partial charge in [0.05, 0.1) is 6.61 Å². The Labute approximate surface area is 175 Å². The molecule has 2 aromatic carbocycles. The lowest BCUT2D eigenvalue weighted by Gasteiger charge is -2.11. The van der Waals surface area contributed by atoms with Gasteiger partial charge in [-0.1, -0.05) is 6.07 Å². The number of rotatable bonds is 9. The van der Waals surface area contributed by atoms with E-state index in [0.717, 1.165) is 6.42 Å². The maximum absolute atomic E-state index is 12.3. The topological polar surface area (TPSA) is 88.7 Å². The fourth-order valence-corrected chi connectivity index (χ4v) is 2.67. The molecule has 8 heteroatoms. The second kappa shape index (κ2) is 11.8. The third-order valence-electron chi connectivity index (χ3n) is 3.85. The molecule has 0 saturated carbocycles. The number of carbonyl (C=O) groups is 2. The zero-order valence-electron chi connectivity index (χ0n) is 16.5. The number of benzene rings is 2. The quantitative estimate of drug-likeness (QED) is 0.431. The van der Waals surface area contributed by atoms with E-state index in [4.69, 9.17) is 21.7 Å². The van der Waals surface area contributed by atoms with E-state index in [2.05, 4.69) is 16.0 Å².